The summed E-state index contributed by atoms with van der Waals surface area (Å²) in [4.78, 5) is 0. The van der Waals surface area contributed by atoms with E-state index in [1.807, 2.05) is 0 Å². The van der Waals surface area contributed by atoms with Crippen molar-refractivity contribution in [3.63, 3.8) is 0 Å². The summed E-state index contributed by atoms with van der Waals surface area (Å²) in [6.07, 6.45) is -1.47. The fourth-order valence-corrected chi connectivity index (χ4v) is 2.04. The van der Waals surface area contributed by atoms with E-state index < -0.39 is 6.36 Å². The molecular formula is C12H14F3NO. The molecule has 1 saturated heterocycles. The average molecular weight is 245 g/mol. The van der Waals surface area contributed by atoms with E-state index >= 15 is 0 Å². The summed E-state index contributed by atoms with van der Waals surface area (Å²) in [5.74, 6) is -0.166. The molecule has 1 aromatic rings. The summed E-state index contributed by atoms with van der Waals surface area (Å²) in [7, 11) is 0. The molecule has 1 N–H and O–H groups in total. The topological polar surface area (TPSA) is 21.3 Å². The van der Waals surface area contributed by atoms with Gasteiger partial charge in [-0.25, -0.2) is 0 Å². The molecule has 1 heterocycles. The maximum Gasteiger partial charge on any atom is 0.573 e. The van der Waals surface area contributed by atoms with Crippen LogP contribution in [0.3, 0.4) is 0 Å². The quantitative estimate of drug-likeness (QED) is 0.884. The zero-order chi connectivity index (χ0) is 12.3. The normalized spacial score (nSPS) is 20.5. The molecule has 2 nitrogen and oxygen atoms in total. The number of rotatable bonds is 3. The van der Waals surface area contributed by atoms with Crippen molar-refractivity contribution in [2.75, 3.05) is 6.54 Å². The first-order valence-corrected chi connectivity index (χ1v) is 5.61. The second-order valence-corrected chi connectivity index (χ2v) is 4.19. The van der Waals surface area contributed by atoms with Crippen molar-refractivity contribution in [2.45, 2.75) is 31.7 Å². The maximum absolute atomic E-state index is 11.9. The molecule has 94 valence electrons. The van der Waals surface area contributed by atoms with Gasteiger partial charge in [0.15, 0.2) is 0 Å². The summed E-state index contributed by atoms with van der Waals surface area (Å²) in [6, 6.07) is 6.53. The van der Waals surface area contributed by atoms with Crippen LogP contribution in [-0.2, 0) is 6.42 Å². The van der Waals surface area contributed by atoms with Crippen molar-refractivity contribution in [3.05, 3.63) is 29.8 Å². The number of nitrogens with one attached hydrogen (secondary N) is 1. The number of ether oxygens (including phenoxy) is 1. The Morgan fingerprint density at radius 3 is 2.47 bits per heavy atom. The lowest BCUT2D eigenvalue weighted by Gasteiger charge is -2.11. The predicted octanol–water partition coefficient (Wildman–Crippen LogP) is 2.88. The molecule has 1 aromatic carbocycles. The number of hydrogen-bond donors (Lipinski definition) is 1. The lowest BCUT2D eigenvalue weighted by Crippen LogP contribution is -2.23. The van der Waals surface area contributed by atoms with Crippen LogP contribution in [0, 0.1) is 0 Å². The summed E-state index contributed by atoms with van der Waals surface area (Å²) in [5, 5.41) is 3.35. The van der Waals surface area contributed by atoms with Gasteiger partial charge in [0.2, 0.25) is 0 Å². The van der Waals surface area contributed by atoms with Crippen molar-refractivity contribution in [1.82, 2.24) is 5.32 Å². The maximum atomic E-state index is 11.9. The van der Waals surface area contributed by atoms with Crippen molar-refractivity contribution >= 4 is 0 Å². The molecule has 1 aliphatic rings. The Labute approximate surface area is 97.8 Å². The molecule has 1 fully saturated rings. The van der Waals surface area contributed by atoms with Crippen molar-refractivity contribution in [2.24, 2.45) is 0 Å². The van der Waals surface area contributed by atoms with Crippen LogP contribution in [0.1, 0.15) is 18.4 Å². The average Bonchev–Trinajstić information content (AvgIpc) is 2.71. The summed E-state index contributed by atoms with van der Waals surface area (Å²) in [6.45, 7) is 1.03. The van der Waals surface area contributed by atoms with Gasteiger partial charge in [-0.2, -0.15) is 0 Å². The monoisotopic (exact) mass is 245 g/mol. The van der Waals surface area contributed by atoms with Crippen molar-refractivity contribution in [3.8, 4) is 5.75 Å². The minimum atomic E-state index is -4.62. The second kappa shape index (κ2) is 4.96. The molecule has 5 heteroatoms. The third-order valence-electron chi connectivity index (χ3n) is 2.80. The molecule has 0 aromatic heterocycles. The van der Waals surface area contributed by atoms with Gasteiger partial charge in [-0.05, 0) is 43.5 Å². The predicted molar refractivity (Wildman–Crippen MR) is 57.9 cm³/mol. The van der Waals surface area contributed by atoms with E-state index in [1.54, 1.807) is 12.1 Å². The molecule has 0 bridgehead atoms. The number of hydrogen-bond acceptors (Lipinski definition) is 2. The third kappa shape index (κ3) is 3.93. The van der Waals surface area contributed by atoms with Gasteiger partial charge < -0.3 is 10.1 Å². The molecule has 0 spiro atoms. The van der Waals surface area contributed by atoms with E-state index in [4.69, 9.17) is 0 Å². The third-order valence-corrected chi connectivity index (χ3v) is 2.80. The van der Waals surface area contributed by atoms with Crippen LogP contribution in [0.25, 0.3) is 0 Å². The molecular weight excluding hydrogens is 231 g/mol. The van der Waals surface area contributed by atoms with Gasteiger partial charge in [-0.1, -0.05) is 12.1 Å². The van der Waals surface area contributed by atoms with Gasteiger partial charge >= 0.3 is 6.36 Å². The Morgan fingerprint density at radius 2 is 1.94 bits per heavy atom. The smallest absolute Gasteiger partial charge is 0.406 e. The zero-order valence-corrected chi connectivity index (χ0v) is 9.26. The molecule has 0 amide bonds. The van der Waals surface area contributed by atoms with Gasteiger partial charge in [0.1, 0.15) is 5.75 Å². The summed E-state index contributed by atoms with van der Waals surface area (Å²) >= 11 is 0. The first-order valence-electron chi connectivity index (χ1n) is 5.61. The SMILES string of the molecule is FC(F)(F)Oc1ccc(CC2CCCN2)cc1. The Kier molecular flexibility index (Phi) is 3.57. The highest BCUT2D eigenvalue weighted by atomic mass is 19.4. The van der Waals surface area contributed by atoms with Gasteiger partial charge in [0, 0.05) is 6.04 Å². The van der Waals surface area contributed by atoms with Crippen LogP contribution in [-0.4, -0.2) is 18.9 Å². The van der Waals surface area contributed by atoms with Gasteiger partial charge in [-0.15, -0.1) is 13.2 Å². The Bertz CT molecular complexity index is 355. The van der Waals surface area contributed by atoms with Crippen LogP contribution in [0.4, 0.5) is 13.2 Å². The molecule has 1 unspecified atom stereocenters. The van der Waals surface area contributed by atoms with E-state index in [2.05, 4.69) is 10.1 Å². The van der Waals surface area contributed by atoms with E-state index in [0.29, 0.717) is 6.04 Å². The number of benzene rings is 1. The number of alkyl halides is 3. The highest BCUT2D eigenvalue weighted by Crippen LogP contribution is 2.23. The highest BCUT2D eigenvalue weighted by molar-refractivity contribution is 5.28. The molecule has 1 atom stereocenters. The lowest BCUT2D eigenvalue weighted by atomic mass is 10.0. The fraction of sp³-hybridized carbons (Fsp3) is 0.500. The number of halogens is 3. The van der Waals surface area contributed by atoms with Crippen LogP contribution >= 0.6 is 0 Å². The standard InChI is InChI=1S/C12H14F3NO/c13-12(14,15)17-11-5-3-9(4-6-11)8-10-2-1-7-16-10/h3-6,10,16H,1-2,7-8H2. The molecule has 1 aliphatic heterocycles. The minimum Gasteiger partial charge on any atom is -0.406 e. The van der Waals surface area contributed by atoms with Gasteiger partial charge in [0.05, 0.1) is 0 Å². The Morgan fingerprint density at radius 1 is 1.24 bits per heavy atom. The molecule has 2 rings (SSSR count). The largest absolute Gasteiger partial charge is 0.573 e. The first-order chi connectivity index (χ1) is 8.03. The highest BCUT2D eigenvalue weighted by Gasteiger charge is 2.30. The Balaban J connectivity index is 1.93. The van der Waals surface area contributed by atoms with Crippen LogP contribution < -0.4 is 10.1 Å². The molecule has 0 aliphatic carbocycles. The van der Waals surface area contributed by atoms with Crippen LogP contribution in [0.5, 0.6) is 5.75 Å². The lowest BCUT2D eigenvalue weighted by molar-refractivity contribution is -0.274. The molecule has 0 radical (unpaired) electrons. The Hall–Kier alpha value is -1.23. The second-order valence-electron chi connectivity index (χ2n) is 4.19. The van der Waals surface area contributed by atoms with E-state index in [0.717, 1.165) is 24.9 Å². The van der Waals surface area contributed by atoms with E-state index in [9.17, 15) is 13.2 Å². The molecule has 17 heavy (non-hydrogen) atoms. The fourth-order valence-electron chi connectivity index (χ4n) is 2.04. The van der Waals surface area contributed by atoms with E-state index in [1.165, 1.54) is 18.6 Å². The zero-order valence-electron chi connectivity index (χ0n) is 9.26. The van der Waals surface area contributed by atoms with Crippen LogP contribution in [0.2, 0.25) is 0 Å². The van der Waals surface area contributed by atoms with Gasteiger partial charge in [0.25, 0.3) is 0 Å². The van der Waals surface area contributed by atoms with Gasteiger partial charge in [-0.3, -0.25) is 0 Å². The van der Waals surface area contributed by atoms with Crippen LogP contribution in [0.15, 0.2) is 24.3 Å². The van der Waals surface area contributed by atoms with Crippen molar-refractivity contribution in [1.29, 1.82) is 0 Å². The van der Waals surface area contributed by atoms with Crippen molar-refractivity contribution < 1.29 is 17.9 Å². The summed E-state index contributed by atoms with van der Waals surface area (Å²) in [5.41, 5.74) is 1.03. The molecule has 0 saturated carbocycles. The first kappa shape index (κ1) is 12.2. The summed E-state index contributed by atoms with van der Waals surface area (Å²) < 4.78 is 39.6. The van der Waals surface area contributed by atoms with E-state index in [-0.39, 0.29) is 5.75 Å². The minimum absolute atomic E-state index is 0.166.